The molecule has 5 nitrogen and oxygen atoms in total. The molecule has 21 heavy (non-hydrogen) atoms. The highest BCUT2D eigenvalue weighted by molar-refractivity contribution is 5.98. The zero-order chi connectivity index (χ0) is 15.6. The van der Waals surface area contributed by atoms with Crippen LogP contribution in [0, 0.1) is 5.92 Å². The van der Waals surface area contributed by atoms with E-state index in [1.165, 1.54) is 6.92 Å². The van der Waals surface area contributed by atoms with Crippen molar-refractivity contribution in [1.82, 2.24) is 4.90 Å². The van der Waals surface area contributed by atoms with Gasteiger partial charge in [-0.1, -0.05) is 12.1 Å². The lowest BCUT2D eigenvalue weighted by atomic mass is 9.96. The zero-order valence-corrected chi connectivity index (χ0v) is 12.8. The third kappa shape index (κ3) is 3.82. The molecule has 1 fully saturated rings. The molecule has 2 amide bonds. The van der Waals surface area contributed by atoms with Crippen LogP contribution < -0.4 is 11.1 Å². The number of nitrogens with zero attached hydrogens (tertiary/aromatic N) is 1. The molecule has 0 aliphatic heterocycles. The summed E-state index contributed by atoms with van der Waals surface area (Å²) in [5.74, 6) is 0.138. The average molecular weight is 289 g/mol. The van der Waals surface area contributed by atoms with Gasteiger partial charge in [-0.3, -0.25) is 9.59 Å². The lowest BCUT2D eigenvalue weighted by Gasteiger charge is -2.23. The van der Waals surface area contributed by atoms with Crippen LogP contribution >= 0.6 is 0 Å². The second kappa shape index (κ2) is 5.85. The maximum atomic E-state index is 12.3. The first kappa shape index (κ1) is 15.5. The molecule has 5 heteroatoms. The molecule has 0 saturated heterocycles. The summed E-state index contributed by atoms with van der Waals surface area (Å²) in [6.45, 7) is 3.83. The average Bonchev–Trinajstić information content (AvgIpc) is 3.23. The van der Waals surface area contributed by atoms with Gasteiger partial charge in [-0.05, 0) is 43.4 Å². The van der Waals surface area contributed by atoms with Gasteiger partial charge in [0.25, 0.3) is 0 Å². The van der Waals surface area contributed by atoms with E-state index in [0.29, 0.717) is 12.2 Å². The summed E-state index contributed by atoms with van der Waals surface area (Å²) in [7, 11) is 1.75. The summed E-state index contributed by atoms with van der Waals surface area (Å²) in [5.41, 5.74) is 6.98. The Morgan fingerprint density at radius 1 is 1.43 bits per heavy atom. The van der Waals surface area contributed by atoms with Crippen molar-refractivity contribution in [3.05, 3.63) is 29.8 Å². The molecule has 1 aliphatic carbocycles. The SMILES string of the molecule is CC(=O)N(C)Cc1cccc(NC(=O)C(C)(N)C2CC2)c1. The number of hydrogen-bond acceptors (Lipinski definition) is 3. The van der Waals surface area contributed by atoms with Crippen molar-refractivity contribution in [2.75, 3.05) is 12.4 Å². The van der Waals surface area contributed by atoms with E-state index in [-0.39, 0.29) is 17.7 Å². The summed E-state index contributed by atoms with van der Waals surface area (Å²) in [5, 5.41) is 2.88. The van der Waals surface area contributed by atoms with Crippen molar-refractivity contribution in [3.63, 3.8) is 0 Å². The van der Waals surface area contributed by atoms with E-state index in [1.54, 1.807) is 18.9 Å². The molecule has 0 radical (unpaired) electrons. The van der Waals surface area contributed by atoms with E-state index in [1.807, 2.05) is 24.3 Å². The largest absolute Gasteiger partial charge is 0.342 e. The van der Waals surface area contributed by atoms with Crippen molar-refractivity contribution >= 4 is 17.5 Å². The summed E-state index contributed by atoms with van der Waals surface area (Å²) in [4.78, 5) is 25.1. The normalized spacial score (nSPS) is 17.0. The molecule has 0 aromatic heterocycles. The maximum absolute atomic E-state index is 12.3. The van der Waals surface area contributed by atoms with Gasteiger partial charge in [0, 0.05) is 26.2 Å². The Hall–Kier alpha value is -1.88. The van der Waals surface area contributed by atoms with Gasteiger partial charge >= 0.3 is 0 Å². The predicted molar refractivity (Wildman–Crippen MR) is 82.5 cm³/mol. The molecule has 0 heterocycles. The van der Waals surface area contributed by atoms with E-state index >= 15 is 0 Å². The molecule has 0 spiro atoms. The Kier molecular flexibility index (Phi) is 4.32. The molecule has 1 aromatic carbocycles. The quantitative estimate of drug-likeness (QED) is 0.867. The zero-order valence-electron chi connectivity index (χ0n) is 12.8. The molecular weight excluding hydrogens is 266 g/mol. The molecule has 1 saturated carbocycles. The van der Waals surface area contributed by atoms with Crippen LogP contribution in [0.15, 0.2) is 24.3 Å². The number of benzene rings is 1. The molecule has 1 aromatic rings. The molecule has 2 rings (SSSR count). The fourth-order valence-electron chi connectivity index (χ4n) is 2.27. The van der Waals surface area contributed by atoms with Crippen LogP contribution in [0.5, 0.6) is 0 Å². The van der Waals surface area contributed by atoms with Crippen molar-refractivity contribution in [1.29, 1.82) is 0 Å². The fraction of sp³-hybridized carbons (Fsp3) is 0.500. The number of nitrogens with two attached hydrogens (primary N) is 1. The minimum Gasteiger partial charge on any atom is -0.342 e. The Morgan fingerprint density at radius 3 is 2.67 bits per heavy atom. The standard InChI is InChI=1S/C16H23N3O2/c1-11(20)19(3)10-12-5-4-6-14(9-12)18-15(21)16(2,17)13-7-8-13/h4-6,9,13H,7-8,10,17H2,1-3H3,(H,18,21). The van der Waals surface area contributed by atoms with Crippen molar-refractivity contribution < 1.29 is 9.59 Å². The first-order valence-electron chi connectivity index (χ1n) is 7.21. The summed E-state index contributed by atoms with van der Waals surface area (Å²) in [6.07, 6.45) is 2.04. The van der Waals surface area contributed by atoms with Crippen LogP contribution in [-0.2, 0) is 16.1 Å². The number of nitrogens with one attached hydrogen (secondary N) is 1. The lowest BCUT2D eigenvalue weighted by Crippen LogP contribution is -2.50. The van der Waals surface area contributed by atoms with E-state index in [4.69, 9.17) is 5.73 Å². The van der Waals surface area contributed by atoms with Crippen LogP contribution in [0.3, 0.4) is 0 Å². The third-order valence-electron chi connectivity index (χ3n) is 4.06. The molecule has 114 valence electrons. The minimum absolute atomic E-state index is 0.00713. The summed E-state index contributed by atoms with van der Waals surface area (Å²) >= 11 is 0. The topological polar surface area (TPSA) is 75.4 Å². The fourth-order valence-corrected chi connectivity index (χ4v) is 2.27. The van der Waals surface area contributed by atoms with Gasteiger partial charge in [-0.15, -0.1) is 0 Å². The third-order valence-corrected chi connectivity index (χ3v) is 4.06. The number of hydrogen-bond donors (Lipinski definition) is 2. The number of amides is 2. The smallest absolute Gasteiger partial charge is 0.244 e. The van der Waals surface area contributed by atoms with Crippen LogP contribution in [0.2, 0.25) is 0 Å². The highest BCUT2D eigenvalue weighted by atomic mass is 16.2. The second-order valence-corrected chi connectivity index (χ2v) is 6.09. The molecule has 3 N–H and O–H groups in total. The highest BCUT2D eigenvalue weighted by Gasteiger charge is 2.44. The van der Waals surface area contributed by atoms with Crippen molar-refractivity contribution in [3.8, 4) is 0 Å². The van der Waals surface area contributed by atoms with Crippen LogP contribution in [0.25, 0.3) is 0 Å². The van der Waals surface area contributed by atoms with Gasteiger partial charge in [-0.25, -0.2) is 0 Å². The summed E-state index contributed by atoms with van der Waals surface area (Å²) in [6, 6.07) is 7.50. The lowest BCUT2D eigenvalue weighted by molar-refractivity contribution is -0.128. The maximum Gasteiger partial charge on any atom is 0.244 e. The van der Waals surface area contributed by atoms with Crippen LogP contribution in [0.1, 0.15) is 32.3 Å². The van der Waals surface area contributed by atoms with Gasteiger partial charge in [0.1, 0.15) is 0 Å². The number of anilines is 1. The van der Waals surface area contributed by atoms with Gasteiger partial charge in [-0.2, -0.15) is 0 Å². The van der Waals surface area contributed by atoms with Gasteiger partial charge in [0.15, 0.2) is 0 Å². The Morgan fingerprint density at radius 2 is 2.10 bits per heavy atom. The molecule has 1 aliphatic rings. The van der Waals surface area contributed by atoms with E-state index < -0.39 is 5.54 Å². The first-order chi connectivity index (χ1) is 9.80. The van der Waals surface area contributed by atoms with Gasteiger partial charge in [0.2, 0.25) is 11.8 Å². The van der Waals surface area contributed by atoms with Crippen molar-refractivity contribution in [2.45, 2.75) is 38.8 Å². The number of carbonyl (C=O) groups is 2. The Labute approximate surface area is 125 Å². The minimum atomic E-state index is -0.813. The van der Waals surface area contributed by atoms with E-state index in [2.05, 4.69) is 5.32 Å². The van der Waals surface area contributed by atoms with Gasteiger partial charge in [0.05, 0.1) is 5.54 Å². The second-order valence-electron chi connectivity index (χ2n) is 6.09. The van der Waals surface area contributed by atoms with Crippen molar-refractivity contribution in [2.24, 2.45) is 11.7 Å². The van der Waals surface area contributed by atoms with Crippen LogP contribution in [-0.4, -0.2) is 29.3 Å². The number of carbonyl (C=O) groups excluding carboxylic acids is 2. The van der Waals surface area contributed by atoms with E-state index in [0.717, 1.165) is 18.4 Å². The summed E-state index contributed by atoms with van der Waals surface area (Å²) < 4.78 is 0. The van der Waals surface area contributed by atoms with Gasteiger partial charge < -0.3 is 16.0 Å². The molecule has 1 unspecified atom stereocenters. The Bertz CT molecular complexity index is 550. The monoisotopic (exact) mass is 289 g/mol. The first-order valence-corrected chi connectivity index (χ1v) is 7.21. The van der Waals surface area contributed by atoms with Crippen LogP contribution in [0.4, 0.5) is 5.69 Å². The molecule has 1 atom stereocenters. The number of rotatable bonds is 5. The predicted octanol–water partition coefficient (Wildman–Crippen LogP) is 1.73. The molecular formula is C16H23N3O2. The Balaban J connectivity index is 2.04. The molecule has 0 bridgehead atoms. The van der Waals surface area contributed by atoms with E-state index in [9.17, 15) is 9.59 Å². The highest BCUT2D eigenvalue weighted by Crippen LogP contribution is 2.38.